The Morgan fingerprint density at radius 1 is 1.10 bits per heavy atom. The fourth-order valence-electron chi connectivity index (χ4n) is 4.39. The molecule has 1 N–H and O–H groups in total. The van der Waals surface area contributed by atoms with Crippen LogP contribution in [-0.2, 0) is 21.2 Å². The zero-order valence-electron chi connectivity index (χ0n) is 16.8. The number of likely N-dealkylation sites (tertiary alicyclic amines) is 1. The number of benzene rings is 1. The maximum atomic E-state index is 13.1. The lowest BCUT2D eigenvalue weighted by molar-refractivity contribution is -0.119. The lowest BCUT2D eigenvalue weighted by atomic mass is 10.2. The quantitative estimate of drug-likeness (QED) is 0.604. The molecule has 1 amide bonds. The Bertz CT molecular complexity index is 862. The van der Waals surface area contributed by atoms with Gasteiger partial charge in [0.1, 0.15) is 4.90 Å². The number of carbonyl (C=O) groups excluding carboxylic acids is 1. The van der Waals surface area contributed by atoms with Crippen molar-refractivity contribution >= 4 is 37.5 Å². The van der Waals surface area contributed by atoms with Crippen LogP contribution in [0.1, 0.15) is 50.5 Å². The van der Waals surface area contributed by atoms with E-state index in [1.54, 1.807) is 11.0 Å². The van der Waals surface area contributed by atoms with Crippen molar-refractivity contribution in [2.75, 3.05) is 37.6 Å². The van der Waals surface area contributed by atoms with Crippen molar-refractivity contribution in [1.29, 1.82) is 0 Å². The Morgan fingerprint density at radius 3 is 2.52 bits per heavy atom. The molecular weight excluding hydrogens is 454 g/mol. The first-order valence-electron chi connectivity index (χ1n) is 10.8. The first kappa shape index (κ1) is 21.3. The smallest absolute Gasteiger partial charge is 0.242 e. The summed E-state index contributed by atoms with van der Waals surface area (Å²) in [5.74, 6) is 0.144. The first-order chi connectivity index (χ1) is 14.0. The zero-order valence-corrected chi connectivity index (χ0v) is 19.2. The van der Waals surface area contributed by atoms with Crippen LogP contribution < -0.4 is 9.62 Å². The molecule has 0 atom stereocenters. The van der Waals surface area contributed by atoms with E-state index in [4.69, 9.17) is 0 Å². The Hall–Kier alpha value is -0.960. The maximum absolute atomic E-state index is 13.1. The van der Waals surface area contributed by atoms with E-state index >= 15 is 0 Å². The van der Waals surface area contributed by atoms with Crippen molar-refractivity contribution in [3.8, 4) is 0 Å². The van der Waals surface area contributed by atoms with E-state index in [0.717, 1.165) is 48.9 Å². The molecule has 0 spiro atoms. The Labute approximate surface area is 182 Å². The molecule has 0 unspecified atom stereocenters. The fourth-order valence-corrected chi connectivity index (χ4v) is 6.40. The third-order valence-corrected chi connectivity index (χ3v) is 8.05. The molecule has 160 valence electrons. The van der Waals surface area contributed by atoms with Gasteiger partial charge in [-0.05, 0) is 75.9 Å². The minimum absolute atomic E-state index is 0.0711. The number of carbonyl (C=O) groups is 1. The largest absolute Gasteiger partial charge is 0.310 e. The van der Waals surface area contributed by atoms with Gasteiger partial charge in [-0.15, -0.1) is 0 Å². The molecule has 1 saturated heterocycles. The van der Waals surface area contributed by atoms with Crippen LogP contribution in [0.15, 0.2) is 21.5 Å². The van der Waals surface area contributed by atoms with Crippen LogP contribution >= 0.6 is 15.9 Å². The Kier molecular flexibility index (Phi) is 6.63. The molecule has 0 bridgehead atoms. The summed E-state index contributed by atoms with van der Waals surface area (Å²) in [7, 11) is -3.68. The number of amides is 1. The topological polar surface area (TPSA) is 69.7 Å². The van der Waals surface area contributed by atoms with E-state index in [-0.39, 0.29) is 16.7 Å². The van der Waals surface area contributed by atoms with Gasteiger partial charge in [0.2, 0.25) is 15.9 Å². The number of hydrogen-bond donors (Lipinski definition) is 1. The molecule has 0 radical (unpaired) electrons. The van der Waals surface area contributed by atoms with Gasteiger partial charge in [0, 0.05) is 23.5 Å². The van der Waals surface area contributed by atoms with Crippen LogP contribution in [0.3, 0.4) is 0 Å². The molecule has 3 aliphatic rings. The van der Waals surface area contributed by atoms with Gasteiger partial charge >= 0.3 is 0 Å². The number of hydrogen-bond acceptors (Lipinski definition) is 4. The van der Waals surface area contributed by atoms with Crippen molar-refractivity contribution in [2.24, 2.45) is 5.92 Å². The molecule has 1 aromatic carbocycles. The molecule has 29 heavy (non-hydrogen) atoms. The number of sulfonamides is 1. The second-order valence-corrected chi connectivity index (χ2v) is 11.1. The third kappa shape index (κ3) is 5.03. The van der Waals surface area contributed by atoms with E-state index < -0.39 is 10.0 Å². The summed E-state index contributed by atoms with van der Waals surface area (Å²) >= 11 is 3.45. The van der Waals surface area contributed by atoms with Crippen molar-refractivity contribution in [2.45, 2.75) is 56.3 Å². The lowest BCUT2D eigenvalue weighted by Gasteiger charge is -2.22. The van der Waals surface area contributed by atoms with E-state index in [0.29, 0.717) is 25.2 Å². The van der Waals surface area contributed by atoms with Crippen LogP contribution in [0, 0.1) is 5.92 Å². The van der Waals surface area contributed by atoms with Crippen molar-refractivity contribution in [3.63, 3.8) is 0 Å². The number of rotatable bonds is 7. The summed E-state index contributed by atoms with van der Waals surface area (Å²) in [4.78, 5) is 17.1. The van der Waals surface area contributed by atoms with Gasteiger partial charge in [0.25, 0.3) is 0 Å². The van der Waals surface area contributed by atoms with E-state index in [2.05, 4.69) is 25.6 Å². The van der Waals surface area contributed by atoms with Gasteiger partial charge in [-0.2, -0.15) is 0 Å². The molecule has 1 aliphatic carbocycles. The highest BCUT2D eigenvalue weighted by molar-refractivity contribution is 9.10. The molecule has 1 aromatic rings. The molecule has 2 fully saturated rings. The van der Waals surface area contributed by atoms with Gasteiger partial charge in [-0.1, -0.05) is 28.8 Å². The second kappa shape index (κ2) is 9.04. The van der Waals surface area contributed by atoms with Gasteiger partial charge in [-0.25, -0.2) is 13.1 Å². The SMILES string of the molecule is O=C(C1CC1)N1CCc2cc(Br)cc(S(=O)(=O)NCCCN3CCCCCC3)c21. The fraction of sp³-hybridized carbons (Fsp3) is 0.667. The number of halogens is 1. The highest BCUT2D eigenvalue weighted by atomic mass is 79.9. The number of anilines is 1. The summed E-state index contributed by atoms with van der Waals surface area (Å²) in [5, 5.41) is 0. The highest BCUT2D eigenvalue weighted by Gasteiger charge is 2.39. The van der Waals surface area contributed by atoms with Gasteiger partial charge in [0.15, 0.2) is 0 Å². The van der Waals surface area contributed by atoms with E-state index in [1.807, 2.05) is 6.07 Å². The molecule has 2 heterocycles. The zero-order chi connectivity index (χ0) is 20.4. The molecule has 8 heteroatoms. The average molecular weight is 484 g/mol. The number of nitrogens with one attached hydrogen (secondary N) is 1. The molecule has 2 aliphatic heterocycles. The molecule has 1 saturated carbocycles. The van der Waals surface area contributed by atoms with Crippen LogP contribution in [0.25, 0.3) is 0 Å². The number of nitrogens with zero attached hydrogens (tertiary/aromatic N) is 2. The summed E-state index contributed by atoms with van der Waals surface area (Å²) in [6.07, 6.45) is 8.39. The monoisotopic (exact) mass is 483 g/mol. The van der Waals surface area contributed by atoms with Gasteiger partial charge < -0.3 is 9.80 Å². The minimum atomic E-state index is -3.68. The van der Waals surface area contributed by atoms with Crippen molar-refractivity contribution in [1.82, 2.24) is 9.62 Å². The third-order valence-electron chi connectivity index (χ3n) is 6.12. The summed E-state index contributed by atoms with van der Waals surface area (Å²) < 4.78 is 29.8. The van der Waals surface area contributed by atoms with E-state index in [1.165, 1.54) is 25.7 Å². The summed E-state index contributed by atoms with van der Waals surface area (Å²) in [6.45, 7) is 4.13. The average Bonchev–Trinajstić information content (AvgIpc) is 3.49. The molecule has 0 aromatic heterocycles. The van der Waals surface area contributed by atoms with Crippen molar-refractivity contribution in [3.05, 3.63) is 22.2 Å². The second-order valence-electron chi connectivity index (χ2n) is 8.43. The normalized spacial score (nSPS) is 20.5. The lowest BCUT2D eigenvalue weighted by Crippen LogP contribution is -2.34. The predicted octanol–water partition coefficient (Wildman–Crippen LogP) is 3.29. The van der Waals surface area contributed by atoms with Gasteiger partial charge in [-0.3, -0.25) is 4.79 Å². The van der Waals surface area contributed by atoms with Crippen molar-refractivity contribution < 1.29 is 13.2 Å². The molecule has 6 nitrogen and oxygen atoms in total. The number of fused-ring (bicyclic) bond motifs is 1. The van der Waals surface area contributed by atoms with Crippen LogP contribution in [0.4, 0.5) is 5.69 Å². The van der Waals surface area contributed by atoms with Gasteiger partial charge in [0.05, 0.1) is 5.69 Å². The highest BCUT2D eigenvalue weighted by Crippen LogP contribution is 2.41. The van der Waals surface area contributed by atoms with Crippen LogP contribution in [0.2, 0.25) is 0 Å². The Morgan fingerprint density at radius 2 is 1.83 bits per heavy atom. The van der Waals surface area contributed by atoms with E-state index in [9.17, 15) is 13.2 Å². The predicted molar refractivity (Wildman–Crippen MR) is 118 cm³/mol. The maximum Gasteiger partial charge on any atom is 0.242 e. The molecular formula is C21H30BrN3O3S. The summed E-state index contributed by atoms with van der Waals surface area (Å²) in [5.41, 5.74) is 1.52. The summed E-state index contributed by atoms with van der Waals surface area (Å²) in [6, 6.07) is 3.57. The molecule has 4 rings (SSSR count). The first-order valence-corrected chi connectivity index (χ1v) is 13.1. The Balaban J connectivity index is 1.44. The minimum Gasteiger partial charge on any atom is -0.310 e. The van der Waals surface area contributed by atoms with Crippen LogP contribution in [0.5, 0.6) is 0 Å². The van der Waals surface area contributed by atoms with Crippen LogP contribution in [-0.4, -0.2) is 51.9 Å². The standard InChI is InChI=1S/C21H30BrN3O3S/c22-18-14-17-8-13-25(21(26)16-6-7-16)20(17)19(15-18)29(27,28)23-9-5-12-24-10-3-1-2-4-11-24/h14-16,23H,1-13H2.